The highest BCUT2D eigenvalue weighted by Gasteiger charge is 2.27. The van der Waals surface area contributed by atoms with Crippen molar-refractivity contribution in [3.05, 3.63) is 22.9 Å². The fourth-order valence-electron chi connectivity index (χ4n) is 2.72. The molecule has 0 radical (unpaired) electrons. The normalized spacial score (nSPS) is 18.9. The number of thiazole rings is 1. The van der Waals surface area contributed by atoms with Gasteiger partial charge in [-0.3, -0.25) is 0 Å². The molecule has 4 rings (SSSR count). The van der Waals surface area contributed by atoms with Crippen molar-refractivity contribution < 1.29 is 4.74 Å². The molecule has 9 heteroatoms. The third-order valence-electron chi connectivity index (χ3n) is 3.82. The van der Waals surface area contributed by atoms with Crippen molar-refractivity contribution in [2.45, 2.75) is 26.0 Å². The van der Waals surface area contributed by atoms with Gasteiger partial charge in [-0.1, -0.05) is 5.21 Å². The molecule has 23 heavy (non-hydrogen) atoms. The van der Waals surface area contributed by atoms with Crippen LogP contribution in [-0.2, 0) is 4.74 Å². The zero-order chi connectivity index (χ0) is 15.8. The van der Waals surface area contributed by atoms with Crippen LogP contribution >= 0.6 is 11.3 Å². The molecule has 1 unspecified atom stereocenters. The molecule has 3 aromatic rings. The van der Waals surface area contributed by atoms with E-state index in [9.17, 15) is 0 Å². The zero-order valence-electron chi connectivity index (χ0n) is 13.0. The molecule has 0 saturated carbocycles. The van der Waals surface area contributed by atoms with Crippen LogP contribution in [0.15, 0.2) is 17.9 Å². The van der Waals surface area contributed by atoms with E-state index in [-0.39, 0.29) is 12.1 Å². The zero-order valence-corrected chi connectivity index (χ0v) is 13.8. The summed E-state index contributed by atoms with van der Waals surface area (Å²) in [5, 5.41) is 11.5. The summed E-state index contributed by atoms with van der Waals surface area (Å²) >= 11 is 1.61. The summed E-state index contributed by atoms with van der Waals surface area (Å²) in [7, 11) is 0. The van der Waals surface area contributed by atoms with Gasteiger partial charge in [-0.25, -0.2) is 19.6 Å². The number of hydrogen-bond donors (Lipinski definition) is 0. The molecule has 1 aliphatic rings. The molecule has 0 aliphatic carbocycles. The van der Waals surface area contributed by atoms with Crippen LogP contribution in [0.2, 0.25) is 0 Å². The van der Waals surface area contributed by atoms with Gasteiger partial charge in [0.1, 0.15) is 17.4 Å². The third-order valence-corrected chi connectivity index (χ3v) is 4.69. The van der Waals surface area contributed by atoms with Gasteiger partial charge < -0.3 is 9.64 Å². The standard InChI is InChI=1S/C14H17N7OS/c1-9(2)21-13-11(18-19-21)12(16-8-17-13)20-4-5-22-10(7-20)14-15-3-6-23-14/h3,6,8-10H,4-5,7H2,1-2H3. The highest BCUT2D eigenvalue weighted by Crippen LogP contribution is 2.29. The van der Waals surface area contributed by atoms with Crippen molar-refractivity contribution in [3.63, 3.8) is 0 Å². The predicted octanol–water partition coefficient (Wildman–Crippen LogP) is 1.84. The highest BCUT2D eigenvalue weighted by molar-refractivity contribution is 7.09. The Morgan fingerprint density at radius 1 is 1.30 bits per heavy atom. The van der Waals surface area contributed by atoms with Crippen LogP contribution in [0.1, 0.15) is 31.0 Å². The lowest BCUT2D eigenvalue weighted by Crippen LogP contribution is -2.39. The molecule has 0 aromatic carbocycles. The van der Waals surface area contributed by atoms with Crippen molar-refractivity contribution in [3.8, 4) is 0 Å². The van der Waals surface area contributed by atoms with E-state index in [0.29, 0.717) is 13.2 Å². The molecule has 3 aromatic heterocycles. The Kier molecular flexibility index (Phi) is 3.66. The molecule has 0 amide bonds. The lowest BCUT2D eigenvalue weighted by molar-refractivity contribution is 0.0394. The Balaban J connectivity index is 1.68. The van der Waals surface area contributed by atoms with Crippen molar-refractivity contribution in [2.75, 3.05) is 24.6 Å². The average molecular weight is 331 g/mol. The maximum atomic E-state index is 5.85. The van der Waals surface area contributed by atoms with Crippen molar-refractivity contribution in [1.29, 1.82) is 0 Å². The first kappa shape index (κ1) is 14.5. The first-order chi connectivity index (χ1) is 11.2. The second-order valence-electron chi connectivity index (χ2n) is 5.67. The first-order valence-electron chi connectivity index (χ1n) is 7.56. The van der Waals surface area contributed by atoms with E-state index < -0.39 is 0 Å². The molecular weight excluding hydrogens is 314 g/mol. The Labute approximate surface area is 137 Å². The number of morpholine rings is 1. The molecule has 4 heterocycles. The molecule has 1 atom stereocenters. The van der Waals surface area contributed by atoms with Gasteiger partial charge in [0.15, 0.2) is 17.0 Å². The van der Waals surface area contributed by atoms with Crippen molar-refractivity contribution in [1.82, 2.24) is 29.9 Å². The van der Waals surface area contributed by atoms with Gasteiger partial charge in [-0.15, -0.1) is 16.4 Å². The summed E-state index contributed by atoms with van der Waals surface area (Å²) in [4.78, 5) is 15.3. The quantitative estimate of drug-likeness (QED) is 0.724. The molecular formula is C14H17N7OS. The van der Waals surface area contributed by atoms with Gasteiger partial charge in [-0.2, -0.15) is 0 Å². The van der Waals surface area contributed by atoms with Crippen molar-refractivity contribution in [2.24, 2.45) is 0 Å². The summed E-state index contributed by atoms with van der Waals surface area (Å²) < 4.78 is 7.67. The number of anilines is 1. The maximum absolute atomic E-state index is 5.85. The van der Waals surface area contributed by atoms with Crippen LogP contribution in [0.25, 0.3) is 11.2 Å². The van der Waals surface area contributed by atoms with E-state index >= 15 is 0 Å². The number of ether oxygens (including phenoxy) is 1. The molecule has 1 aliphatic heterocycles. The van der Waals surface area contributed by atoms with Gasteiger partial charge in [0.2, 0.25) is 0 Å². The number of fused-ring (bicyclic) bond motifs is 1. The summed E-state index contributed by atoms with van der Waals surface area (Å²) in [6.07, 6.45) is 3.35. The molecule has 120 valence electrons. The molecule has 1 fully saturated rings. The summed E-state index contributed by atoms with van der Waals surface area (Å²) in [5.74, 6) is 0.812. The largest absolute Gasteiger partial charge is 0.367 e. The highest BCUT2D eigenvalue weighted by atomic mass is 32.1. The Hall–Kier alpha value is -2.13. The van der Waals surface area contributed by atoms with E-state index in [4.69, 9.17) is 4.74 Å². The molecule has 8 nitrogen and oxygen atoms in total. The van der Waals surface area contributed by atoms with E-state index in [1.54, 1.807) is 23.9 Å². The van der Waals surface area contributed by atoms with Crippen molar-refractivity contribution >= 4 is 28.3 Å². The third kappa shape index (κ3) is 2.55. The van der Waals surface area contributed by atoms with E-state index in [2.05, 4.69) is 44.0 Å². The van der Waals surface area contributed by atoms with Crippen LogP contribution in [-0.4, -0.2) is 49.6 Å². The minimum atomic E-state index is -0.0334. The summed E-state index contributed by atoms with van der Waals surface area (Å²) in [5.41, 5.74) is 1.50. The van der Waals surface area contributed by atoms with Gasteiger partial charge >= 0.3 is 0 Å². The SMILES string of the molecule is CC(C)n1nnc2c(N3CCOC(c4nccs4)C3)ncnc21. The number of nitrogens with zero attached hydrogens (tertiary/aromatic N) is 7. The van der Waals surface area contributed by atoms with Crippen LogP contribution in [0, 0.1) is 0 Å². The Morgan fingerprint density at radius 2 is 2.22 bits per heavy atom. The molecule has 0 bridgehead atoms. The lowest BCUT2D eigenvalue weighted by atomic mass is 10.2. The van der Waals surface area contributed by atoms with Gasteiger partial charge in [0.05, 0.1) is 19.2 Å². The molecule has 1 saturated heterocycles. The van der Waals surface area contributed by atoms with Crippen LogP contribution in [0.4, 0.5) is 5.82 Å². The fourth-order valence-corrected chi connectivity index (χ4v) is 3.39. The first-order valence-corrected chi connectivity index (χ1v) is 8.44. The van der Waals surface area contributed by atoms with Gasteiger partial charge in [-0.05, 0) is 13.8 Å². The summed E-state index contributed by atoms with van der Waals surface area (Å²) in [6.45, 7) is 6.22. The minimum absolute atomic E-state index is 0.0334. The smallest absolute Gasteiger partial charge is 0.184 e. The Morgan fingerprint density at radius 3 is 3.00 bits per heavy atom. The fraction of sp³-hybridized carbons (Fsp3) is 0.500. The summed E-state index contributed by atoms with van der Waals surface area (Å²) in [6, 6.07) is 0.204. The molecule has 0 N–H and O–H groups in total. The average Bonchev–Trinajstić information content (AvgIpc) is 3.24. The van der Waals surface area contributed by atoms with E-state index in [1.165, 1.54) is 0 Å². The van der Waals surface area contributed by atoms with E-state index in [0.717, 1.165) is 28.5 Å². The maximum Gasteiger partial charge on any atom is 0.184 e. The van der Waals surface area contributed by atoms with E-state index in [1.807, 2.05) is 10.1 Å². The number of aromatic nitrogens is 6. The topological polar surface area (TPSA) is 81.9 Å². The van der Waals surface area contributed by atoms with Crippen LogP contribution < -0.4 is 4.90 Å². The second-order valence-corrected chi connectivity index (χ2v) is 6.60. The van der Waals surface area contributed by atoms with Crippen LogP contribution in [0.3, 0.4) is 0 Å². The number of rotatable bonds is 3. The van der Waals surface area contributed by atoms with Gasteiger partial charge in [0, 0.05) is 18.1 Å². The monoisotopic (exact) mass is 331 g/mol. The Bertz CT molecular complexity index is 801. The minimum Gasteiger partial charge on any atom is -0.367 e. The number of hydrogen-bond acceptors (Lipinski definition) is 8. The van der Waals surface area contributed by atoms with Crippen LogP contribution in [0.5, 0.6) is 0 Å². The molecule has 0 spiro atoms. The lowest BCUT2D eigenvalue weighted by Gasteiger charge is -2.32. The second kappa shape index (κ2) is 5.82. The van der Waals surface area contributed by atoms with Gasteiger partial charge in [0.25, 0.3) is 0 Å². The predicted molar refractivity (Wildman–Crippen MR) is 86.5 cm³/mol.